The van der Waals surface area contributed by atoms with Gasteiger partial charge in [-0.1, -0.05) is 55.0 Å². The van der Waals surface area contributed by atoms with Crippen molar-refractivity contribution in [2.45, 2.75) is 89.4 Å². The fourth-order valence-electron chi connectivity index (χ4n) is 8.16. The van der Waals surface area contributed by atoms with Gasteiger partial charge in [-0.2, -0.15) is 5.26 Å². The molecule has 0 saturated heterocycles. The molecule has 4 unspecified atom stereocenters. The largest absolute Gasteiger partial charge is 0.384 e. The van der Waals surface area contributed by atoms with Gasteiger partial charge in [0, 0.05) is 53.8 Å². The molecule has 1 N–H and O–H groups in total. The Labute approximate surface area is 292 Å². The van der Waals surface area contributed by atoms with Gasteiger partial charge in [-0.3, -0.25) is 0 Å². The Kier molecular flexibility index (Phi) is 11.9. The van der Waals surface area contributed by atoms with Crippen LogP contribution in [0.15, 0.2) is 96.3 Å². The summed E-state index contributed by atoms with van der Waals surface area (Å²) in [5.74, 6) is 0.213. The molecule has 4 atom stereocenters. The second-order valence-corrected chi connectivity index (χ2v) is 14.1. The van der Waals surface area contributed by atoms with Crippen LogP contribution in [0.3, 0.4) is 0 Å². The number of allylic oxidation sites excluding steroid dienone is 10. The number of aryl methyl sites for hydroxylation is 1. The van der Waals surface area contributed by atoms with Crippen molar-refractivity contribution >= 4 is 23.9 Å². The van der Waals surface area contributed by atoms with E-state index in [4.69, 9.17) is 0 Å². The minimum atomic E-state index is -0.512. The van der Waals surface area contributed by atoms with Gasteiger partial charge in [-0.15, -0.1) is 0 Å². The molecule has 2 aliphatic carbocycles. The second kappa shape index (κ2) is 16.3. The summed E-state index contributed by atoms with van der Waals surface area (Å²) in [5, 5.41) is 13.8. The predicted molar refractivity (Wildman–Crippen MR) is 198 cm³/mol. The minimum Gasteiger partial charge on any atom is -0.384 e. The first kappa shape index (κ1) is 35.8. The van der Waals surface area contributed by atoms with Crippen LogP contribution in [0.2, 0.25) is 0 Å². The Bertz CT molecular complexity index is 1710. The Balaban J connectivity index is 1.52. The van der Waals surface area contributed by atoms with Crippen molar-refractivity contribution in [2.75, 3.05) is 23.3 Å². The highest BCUT2D eigenvalue weighted by Crippen LogP contribution is 2.54. The number of nitrogens with zero attached hydrogens (tertiary/aromatic N) is 2. The Morgan fingerprint density at radius 2 is 1.86 bits per heavy atom. The number of halogens is 1. The summed E-state index contributed by atoms with van der Waals surface area (Å²) in [5.41, 5.74) is 6.06. The topological polar surface area (TPSA) is 73.2 Å². The van der Waals surface area contributed by atoms with Crippen molar-refractivity contribution in [3.05, 3.63) is 119 Å². The summed E-state index contributed by atoms with van der Waals surface area (Å²) in [7, 11) is 0. The lowest BCUT2D eigenvalue weighted by Crippen LogP contribution is -2.36. The molecule has 0 spiro atoms. The van der Waals surface area contributed by atoms with E-state index < -0.39 is 5.41 Å². The Morgan fingerprint density at radius 1 is 1.08 bits per heavy atom. The molecule has 5 nitrogen and oxygen atoms in total. The number of carbonyl (C=O) groups is 2. The normalized spacial score (nSPS) is 24.1. The van der Waals surface area contributed by atoms with Crippen LogP contribution in [0.5, 0.6) is 0 Å². The van der Waals surface area contributed by atoms with Crippen molar-refractivity contribution in [1.29, 1.82) is 5.26 Å². The van der Waals surface area contributed by atoms with Crippen LogP contribution in [0.25, 0.3) is 0 Å². The van der Waals surface area contributed by atoms with Crippen LogP contribution >= 0.6 is 0 Å². The highest BCUT2D eigenvalue weighted by molar-refractivity contribution is 5.73. The molecule has 0 fully saturated rings. The van der Waals surface area contributed by atoms with Gasteiger partial charge in [0.15, 0.2) is 0 Å². The number of fused-ring (bicyclic) bond motifs is 1. The third kappa shape index (κ3) is 7.72. The SMILES string of the molecule is Cc1ccc(NCCC=O)c(C(C)(C/C=C/C(C#N)=C/C=C2/N(CCC=O)c3ccc(F)cc3C2(C)C2C=CCCC2)C2C=CCCC2)c1. The molecule has 1 heterocycles. The molecule has 1 aliphatic heterocycles. The van der Waals surface area contributed by atoms with Crippen molar-refractivity contribution in [3.8, 4) is 6.07 Å². The molecule has 0 amide bonds. The van der Waals surface area contributed by atoms with E-state index in [1.165, 1.54) is 17.2 Å². The number of benzene rings is 2. The lowest BCUT2D eigenvalue weighted by molar-refractivity contribution is -0.108. The van der Waals surface area contributed by atoms with Crippen molar-refractivity contribution in [1.82, 2.24) is 0 Å². The zero-order valence-corrected chi connectivity index (χ0v) is 29.3. The van der Waals surface area contributed by atoms with Crippen molar-refractivity contribution in [3.63, 3.8) is 0 Å². The molecule has 0 saturated carbocycles. The number of anilines is 2. The third-order valence-electron chi connectivity index (χ3n) is 10.9. The number of hydrogen-bond acceptors (Lipinski definition) is 5. The summed E-state index contributed by atoms with van der Waals surface area (Å²) in [6.45, 7) is 7.68. The average Bonchev–Trinajstić information content (AvgIpc) is 3.36. The van der Waals surface area contributed by atoms with Crippen LogP contribution in [0, 0.1) is 35.9 Å². The fraction of sp³-hybridized carbons (Fsp3) is 0.419. The first-order valence-electron chi connectivity index (χ1n) is 17.9. The molecule has 0 bridgehead atoms. The monoisotopic (exact) mass is 659 g/mol. The van der Waals surface area contributed by atoms with Gasteiger partial charge < -0.3 is 19.8 Å². The van der Waals surface area contributed by atoms with Gasteiger partial charge in [0.05, 0.1) is 11.6 Å². The zero-order valence-electron chi connectivity index (χ0n) is 29.3. The highest BCUT2D eigenvalue weighted by Gasteiger charge is 2.48. The maximum Gasteiger partial charge on any atom is 0.123 e. The standard InChI is InChI=1S/C43H50FN3O2/c1-32-18-21-39(46-25-11-27-48)37(29-32)42(2,34-14-6-4-7-15-34)24-10-13-33(31-45)19-23-41-43(3,35-16-8-5-9-17-35)38-30-36(44)20-22-40(38)47(41)26-12-28-49/h6,8,10,13-14,16,18-23,27-30,34-35,46H,4-5,7,9,11-12,15,17,24-26H2,1-3H3/b13-10+,33-19-,41-23+. The van der Waals surface area contributed by atoms with Crippen LogP contribution in [-0.4, -0.2) is 25.7 Å². The first-order valence-corrected chi connectivity index (χ1v) is 17.9. The molecule has 3 aliphatic rings. The van der Waals surface area contributed by atoms with E-state index in [0.717, 1.165) is 80.2 Å². The lowest BCUT2D eigenvalue weighted by atomic mass is 9.65. The van der Waals surface area contributed by atoms with E-state index in [2.05, 4.69) is 85.6 Å². The Hall–Kier alpha value is -4.50. The summed E-state index contributed by atoms with van der Waals surface area (Å²) < 4.78 is 14.8. The lowest BCUT2D eigenvalue weighted by Gasteiger charge is -2.39. The van der Waals surface area contributed by atoms with Crippen LogP contribution in [-0.2, 0) is 20.4 Å². The zero-order chi connectivity index (χ0) is 34.9. The van der Waals surface area contributed by atoms with E-state index in [9.17, 15) is 19.2 Å². The maximum absolute atomic E-state index is 14.8. The summed E-state index contributed by atoms with van der Waals surface area (Å²) >= 11 is 0. The predicted octanol–water partition coefficient (Wildman–Crippen LogP) is 9.75. The van der Waals surface area contributed by atoms with Crippen LogP contribution in [0.1, 0.15) is 88.3 Å². The highest BCUT2D eigenvalue weighted by atomic mass is 19.1. The molecular weight excluding hydrogens is 609 g/mol. The van der Waals surface area contributed by atoms with E-state index in [0.29, 0.717) is 37.4 Å². The first-order chi connectivity index (χ1) is 23.8. The molecular formula is C43H50FN3O2. The van der Waals surface area contributed by atoms with E-state index in [-0.39, 0.29) is 17.2 Å². The van der Waals surface area contributed by atoms with Gasteiger partial charge >= 0.3 is 0 Å². The Morgan fingerprint density at radius 3 is 2.55 bits per heavy atom. The van der Waals surface area contributed by atoms with E-state index in [1.54, 1.807) is 6.07 Å². The molecule has 0 aromatic heterocycles. The van der Waals surface area contributed by atoms with Gasteiger partial charge in [0.25, 0.3) is 0 Å². The molecule has 256 valence electrons. The average molecular weight is 660 g/mol. The van der Waals surface area contributed by atoms with Crippen LogP contribution < -0.4 is 10.2 Å². The number of carbonyl (C=O) groups excluding carboxylic acids is 2. The number of aldehydes is 2. The smallest absolute Gasteiger partial charge is 0.123 e. The minimum absolute atomic E-state index is 0.164. The summed E-state index contributed by atoms with van der Waals surface area (Å²) in [4.78, 5) is 24.7. The van der Waals surface area contributed by atoms with Gasteiger partial charge in [-0.05, 0) is 124 Å². The van der Waals surface area contributed by atoms with E-state index >= 15 is 0 Å². The third-order valence-corrected chi connectivity index (χ3v) is 10.9. The molecule has 5 rings (SSSR count). The quantitative estimate of drug-likeness (QED) is 0.0719. The summed E-state index contributed by atoms with van der Waals surface area (Å²) in [6, 6.07) is 13.9. The van der Waals surface area contributed by atoms with Gasteiger partial charge in [-0.25, -0.2) is 4.39 Å². The molecule has 0 radical (unpaired) electrons. The van der Waals surface area contributed by atoms with Crippen molar-refractivity contribution in [2.24, 2.45) is 11.8 Å². The van der Waals surface area contributed by atoms with Gasteiger partial charge in [0.1, 0.15) is 18.4 Å². The molecule has 2 aromatic rings. The molecule has 49 heavy (non-hydrogen) atoms. The fourth-order valence-corrected chi connectivity index (χ4v) is 8.16. The maximum atomic E-state index is 14.8. The number of rotatable bonds is 14. The number of nitrogens with one attached hydrogen (secondary N) is 1. The summed E-state index contributed by atoms with van der Waals surface area (Å²) in [6.07, 6.45) is 26.9. The van der Waals surface area contributed by atoms with E-state index in [1.807, 2.05) is 24.3 Å². The second-order valence-electron chi connectivity index (χ2n) is 14.1. The van der Waals surface area contributed by atoms with Crippen LogP contribution in [0.4, 0.5) is 15.8 Å². The molecule has 2 aromatic carbocycles. The number of hydrogen-bond donors (Lipinski definition) is 1. The van der Waals surface area contributed by atoms with Crippen molar-refractivity contribution < 1.29 is 14.0 Å². The number of nitriles is 1. The van der Waals surface area contributed by atoms with Gasteiger partial charge in [0.2, 0.25) is 0 Å². The molecule has 6 heteroatoms.